The molecule has 2 aromatic rings. The van der Waals surface area contributed by atoms with Gasteiger partial charge in [0, 0.05) is 5.56 Å². The molecule has 0 atom stereocenters. The Hall–Kier alpha value is -3.00. The summed E-state index contributed by atoms with van der Waals surface area (Å²) in [4.78, 5) is 25.7. The van der Waals surface area contributed by atoms with Crippen LogP contribution in [-0.2, 0) is 6.42 Å². The van der Waals surface area contributed by atoms with Crippen molar-refractivity contribution in [1.29, 1.82) is 0 Å². The first kappa shape index (κ1) is 17.4. The zero-order valence-corrected chi connectivity index (χ0v) is 14.5. The second-order valence-electron chi connectivity index (χ2n) is 6.66. The monoisotopic (exact) mass is 367 g/mol. The summed E-state index contributed by atoms with van der Waals surface area (Å²) in [6.45, 7) is 0.765. The molecule has 0 aliphatic carbocycles. The first-order valence-electron chi connectivity index (χ1n) is 8.78. The fourth-order valence-electron chi connectivity index (χ4n) is 3.34. The standard InChI is InChI=1S/C19H18BNO6/c22-18(13-4-2-1-3-5-13)21-10-14(11-21)26-15-7-6-12-8-9-20(25)27-17(12)16(15)19(23)24/h1-7,14,25H,8-11H2,(H,23,24). The number of nitrogens with zero attached hydrogens (tertiary/aromatic N) is 1. The Morgan fingerprint density at radius 1 is 1.15 bits per heavy atom. The van der Waals surface area contributed by atoms with Gasteiger partial charge < -0.3 is 24.4 Å². The Bertz CT molecular complexity index is 881. The summed E-state index contributed by atoms with van der Waals surface area (Å²) in [6.07, 6.45) is 0.674. The Labute approximate surface area is 156 Å². The van der Waals surface area contributed by atoms with Gasteiger partial charge in [0.05, 0.1) is 13.1 Å². The molecular weight excluding hydrogens is 349 g/mol. The third-order valence-electron chi connectivity index (χ3n) is 4.78. The van der Waals surface area contributed by atoms with Crippen LogP contribution in [0.2, 0.25) is 6.32 Å². The van der Waals surface area contributed by atoms with Crippen LogP contribution in [0.3, 0.4) is 0 Å². The lowest BCUT2D eigenvalue weighted by atomic mass is 9.78. The third kappa shape index (κ3) is 3.35. The fraction of sp³-hybridized carbons (Fsp3) is 0.263. The molecule has 2 aliphatic heterocycles. The number of aromatic carboxylic acids is 1. The molecule has 0 radical (unpaired) electrons. The summed E-state index contributed by atoms with van der Waals surface area (Å²) >= 11 is 0. The van der Waals surface area contributed by atoms with Crippen LogP contribution < -0.4 is 9.39 Å². The molecule has 1 amide bonds. The third-order valence-corrected chi connectivity index (χ3v) is 4.78. The van der Waals surface area contributed by atoms with Gasteiger partial charge in [-0.2, -0.15) is 0 Å². The average molecular weight is 367 g/mol. The molecule has 138 valence electrons. The summed E-state index contributed by atoms with van der Waals surface area (Å²) < 4.78 is 11.2. The lowest BCUT2D eigenvalue weighted by Gasteiger charge is -2.39. The number of hydrogen-bond donors (Lipinski definition) is 2. The molecule has 0 aromatic heterocycles. The molecule has 4 rings (SSSR count). The van der Waals surface area contributed by atoms with Crippen LogP contribution in [0.25, 0.3) is 0 Å². The van der Waals surface area contributed by atoms with E-state index in [1.165, 1.54) is 0 Å². The highest BCUT2D eigenvalue weighted by atomic mass is 16.5. The van der Waals surface area contributed by atoms with Gasteiger partial charge in [0.1, 0.15) is 23.2 Å². The van der Waals surface area contributed by atoms with E-state index in [0.717, 1.165) is 5.56 Å². The Balaban J connectivity index is 1.47. The maximum absolute atomic E-state index is 12.4. The predicted octanol–water partition coefficient (Wildman–Crippen LogP) is 1.70. The lowest BCUT2D eigenvalue weighted by Crippen LogP contribution is -2.56. The lowest BCUT2D eigenvalue weighted by molar-refractivity contribution is 0.0169. The zero-order chi connectivity index (χ0) is 19.0. The number of ether oxygens (including phenoxy) is 1. The van der Waals surface area contributed by atoms with Crippen LogP contribution in [0, 0.1) is 0 Å². The van der Waals surface area contributed by atoms with Gasteiger partial charge in [0.2, 0.25) is 0 Å². The van der Waals surface area contributed by atoms with Crippen LogP contribution in [0.1, 0.15) is 26.3 Å². The first-order chi connectivity index (χ1) is 13.0. The van der Waals surface area contributed by atoms with Gasteiger partial charge >= 0.3 is 13.1 Å². The Morgan fingerprint density at radius 2 is 1.89 bits per heavy atom. The number of likely N-dealkylation sites (tertiary alicyclic amines) is 1. The van der Waals surface area contributed by atoms with E-state index in [4.69, 9.17) is 9.39 Å². The number of fused-ring (bicyclic) bond motifs is 1. The van der Waals surface area contributed by atoms with Crippen molar-refractivity contribution in [3.05, 3.63) is 59.2 Å². The molecule has 0 saturated carbocycles. The quantitative estimate of drug-likeness (QED) is 0.799. The molecule has 1 saturated heterocycles. The van der Waals surface area contributed by atoms with Crippen molar-refractivity contribution in [2.75, 3.05) is 13.1 Å². The van der Waals surface area contributed by atoms with E-state index in [-0.39, 0.29) is 29.1 Å². The van der Waals surface area contributed by atoms with Crippen molar-refractivity contribution in [3.63, 3.8) is 0 Å². The molecule has 27 heavy (non-hydrogen) atoms. The van der Waals surface area contributed by atoms with Crippen molar-refractivity contribution >= 4 is 19.0 Å². The minimum atomic E-state index is -1.17. The van der Waals surface area contributed by atoms with E-state index in [1.807, 2.05) is 18.2 Å². The van der Waals surface area contributed by atoms with Gasteiger partial charge in [-0.05, 0) is 36.5 Å². The minimum Gasteiger partial charge on any atom is -0.535 e. The maximum Gasteiger partial charge on any atom is 0.522 e. The van der Waals surface area contributed by atoms with Crippen molar-refractivity contribution < 1.29 is 29.1 Å². The number of carboxylic acids is 1. The second-order valence-corrected chi connectivity index (χ2v) is 6.66. The summed E-state index contributed by atoms with van der Waals surface area (Å²) in [7, 11) is -1.02. The van der Waals surface area contributed by atoms with Gasteiger partial charge in [-0.25, -0.2) is 4.79 Å². The normalized spacial score (nSPS) is 16.2. The number of aryl methyl sites for hydroxylation is 1. The van der Waals surface area contributed by atoms with Gasteiger partial charge in [-0.1, -0.05) is 24.3 Å². The van der Waals surface area contributed by atoms with E-state index in [1.54, 1.807) is 29.2 Å². The number of carbonyl (C=O) groups is 2. The molecule has 2 N–H and O–H groups in total. The van der Waals surface area contributed by atoms with E-state index in [2.05, 4.69) is 0 Å². The van der Waals surface area contributed by atoms with E-state index < -0.39 is 13.1 Å². The summed E-state index contributed by atoms with van der Waals surface area (Å²) in [5.74, 6) is -0.902. The van der Waals surface area contributed by atoms with Crippen molar-refractivity contribution in [2.45, 2.75) is 18.8 Å². The highest BCUT2D eigenvalue weighted by Gasteiger charge is 2.35. The maximum atomic E-state index is 12.4. The highest BCUT2D eigenvalue weighted by Crippen LogP contribution is 2.37. The van der Waals surface area contributed by atoms with Gasteiger partial charge in [0.15, 0.2) is 0 Å². The van der Waals surface area contributed by atoms with Crippen LogP contribution in [0.15, 0.2) is 42.5 Å². The smallest absolute Gasteiger partial charge is 0.522 e. The van der Waals surface area contributed by atoms with Crippen molar-refractivity contribution in [1.82, 2.24) is 4.90 Å². The van der Waals surface area contributed by atoms with Crippen LogP contribution in [0.5, 0.6) is 11.5 Å². The molecule has 2 heterocycles. The van der Waals surface area contributed by atoms with Gasteiger partial charge in [-0.15, -0.1) is 0 Å². The van der Waals surface area contributed by atoms with Crippen LogP contribution >= 0.6 is 0 Å². The number of rotatable bonds is 4. The van der Waals surface area contributed by atoms with E-state index in [0.29, 0.717) is 31.4 Å². The first-order valence-corrected chi connectivity index (χ1v) is 8.78. The van der Waals surface area contributed by atoms with E-state index >= 15 is 0 Å². The summed E-state index contributed by atoms with van der Waals surface area (Å²) in [5.41, 5.74) is 1.26. The Morgan fingerprint density at radius 3 is 2.59 bits per heavy atom. The minimum absolute atomic E-state index is 0.0780. The fourth-order valence-corrected chi connectivity index (χ4v) is 3.34. The molecule has 2 aromatic carbocycles. The SMILES string of the molecule is O=C(O)c1c(OC2CN(C(=O)c3ccccc3)C2)ccc2c1OB(O)CC2. The van der Waals surface area contributed by atoms with Gasteiger partial charge in [-0.3, -0.25) is 4.79 Å². The number of carbonyl (C=O) groups excluding carboxylic acids is 1. The molecule has 0 bridgehead atoms. The predicted molar refractivity (Wildman–Crippen MR) is 97.3 cm³/mol. The largest absolute Gasteiger partial charge is 0.535 e. The molecule has 2 aliphatic rings. The number of carboxylic acid groups (broad SMARTS) is 1. The molecular formula is C19H18BNO6. The molecule has 1 fully saturated rings. The van der Waals surface area contributed by atoms with E-state index in [9.17, 15) is 19.7 Å². The number of hydrogen-bond acceptors (Lipinski definition) is 5. The zero-order valence-electron chi connectivity index (χ0n) is 14.5. The van der Waals surface area contributed by atoms with Crippen molar-refractivity contribution in [2.24, 2.45) is 0 Å². The summed E-state index contributed by atoms with van der Waals surface area (Å²) in [6, 6.07) is 12.3. The highest BCUT2D eigenvalue weighted by molar-refractivity contribution is 6.44. The Kier molecular flexibility index (Phi) is 4.49. The second kappa shape index (κ2) is 6.96. The van der Waals surface area contributed by atoms with Gasteiger partial charge in [0.25, 0.3) is 5.91 Å². The molecule has 0 spiro atoms. The topological polar surface area (TPSA) is 96.3 Å². The van der Waals surface area contributed by atoms with Crippen LogP contribution in [-0.4, -0.2) is 53.2 Å². The number of benzene rings is 2. The molecule has 7 nitrogen and oxygen atoms in total. The van der Waals surface area contributed by atoms with Crippen molar-refractivity contribution in [3.8, 4) is 11.5 Å². The molecule has 0 unspecified atom stereocenters. The number of amides is 1. The summed E-state index contributed by atoms with van der Waals surface area (Å²) in [5, 5.41) is 19.3. The average Bonchev–Trinajstić information content (AvgIpc) is 2.63. The van der Waals surface area contributed by atoms with Crippen LogP contribution in [0.4, 0.5) is 0 Å². The molecule has 8 heteroatoms.